The van der Waals surface area contributed by atoms with E-state index < -0.39 is 10.0 Å². The summed E-state index contributed by atoms with van der Waals surface area (Å²) in [5.41, 5.74) is 8.15. The molecule has 2 rings (SSSR count). The molecule has 0 saturated carbocycles. The Kier molecular flexibility index (Phi) is 3.32. The van der Waals surface area contributed by atoms with E-state index in [4.69, 9.17) is 5.73 Å². The molecule has 0 atom stereocenters. The highest BCUT2D eigenvalue weighted by Crippen LogP contribution is 2.27. The van der Waals surface area contributed by atoms with Crippen LogP contribution in [0.15, 0.2) is 24.4 Å². The minimum atomic E-state index is -3.29. The van der Waals surface area contributed by atoms with Crippen LogP contribution >= 0.6 is 0 Å². The van der Waals surface area contributed by atoms with Gasteiger partial charge in [-0.15, -0.1) is 0 Å². The molecule has 4 N–H and O–H groups in total. The van der Waals surface area contributed by atoms with E-state index in [9.17, 15) is 8.42 Å². The van der Waals surface area contributed by atoms with Crippen molar-refractivity contribution in [2.75, 3.05) is 11.0 Å². The molecule has 1 aromatic heterocycles. The van der Waals surface area contributed by atoms with Gasteiger partial charge in [-0.05, 0) is 31.9 Å². The van der Waals surface area contributed by atoms with Gasteiger partial charge in [-0.2, -0.15) is 0 Å². The standard InChI is InChI=1S/C13H19N3O2S/c1-13(2,14)7-9-8-15-12-10(9)5-4-6-11(12)16-19(3,17)18/h4-6,8,15-16H,7,14H2,1-3H3. The first-order valence-electron chi connectivity index (χ1n) is 6.01. The molecule has 0 saturated heterocycles. The van der Waals surface area contributed by atoms with Gasteiger partial charge in [0.15, 0.2) is 0 Å². The van der Waals surface area contributed by atoms with Crippen molar-refractivity contribution in [2.24, 2.45) is 5.73 Å². The molecule has 0 bridgehead atoms. The predicted octanol–water partition coefficient (Wildman–Crippen LogP) is 1.82. The molecule has 0 aliphatic heterocycles. The van der Waals surface area contributed by atoms with Crippen molar-refractivity contribution < 1.29 is 8.42 Å². The van der Waals surface area contributed by atoms with E-state index in [2.05, 4.69) is 9.71 Å². The Bertz CT molecular complexity index is 696. The zero-order valence-corrected chi connectivity index (χ0v) is 12.1. The number of sulfonamides is 1. The lowest BCUT2D eigenvalue weighted by Crippen LogP contribution is -2.34. The molecular formula is C13H19N3O2S. The second-order valence-corrected chi connectivity index (χ2v) is 7.33. The number of aromatic nitrogens is 1. The Morgan fingerprint density at radius 2 is 2.05 bits per heavy atom. The van der Waals surface area contributed by atoms with Gasteiger partial charge in [-0.25, -0.2) is 8.42 Å². The highest BCUT2D eigenvalue weighted by atomic mass is 32.2. The number of rotatable bonds is 4. The molecule has 1 heterocycles. The maximum absolute atomic E-state index is 11.3. The van der Waals surface area contributed by atoms with Crippen LogP contribution in [0.4, 0.5) is 5.69 Å². The number of nitrogens with one attached hydrogen (secondary N) is 2. The van der Waals surface area contributed by atoms with Crippen molar-refractivity contribution in [2.45, 2.75) is 25.8 Å². The summed E-state index contributed by atoms with van der Waals surface area (Å²) in [7, 11) is -3.29. The molecule has 104 valence electrons. The van der Waals surface area contributed by atoms with Crippen LogP contribution in [0, 0.1) is 0 Å². The van der Waals surface area contributed by atoms with Gasteiger partial charge in [0.1, 0.15) is 0 Å². The summed E-state index contributed by atoms with van der Waals surface area (Å²) in [4.78, 5) is 3.12. The van der Waals surface area contributed by atoms with E-state index in [-0.39, 0.29) is 5.54 Å². The van der Waals surface area contributed by atoms with Crippen molar-refractivity contribution in [3.63, 3.8) is 0 Å². The first-order valence-corrected chi connectivity index (χ1v) is 7.90. The second-order valence-electron chi connectivity index (χ2n) is 5.58. The van der Waals surface area contributed by atoms with E-state index in [0.29, 0.717) is 5.69 Å². The van der Waals surface area contributed by atoms with E-state index in [1.165, 1.54) is 0 Å². The monoisotopic (exact) mass is 281 g/mol. The summed E-state index contributed by atoms with van der Waals surface area (Å²) in [6.07, 6.45) is 3.74. The second kappa shape index (κ2) is 4.54. The molecule has 2 aromatic rings. The summed E-state index contributed by atoms with van der Waals surface area (Å²) in [5.74, 6) is 0. The van der Waals surface area contributed by atoms with Gasteiger partial charge in [0.25, 0.3) is 0 Å². The van der Waals surface area contributed by atoms with Gasteiger partial charge >= 0.3 is 0 Å². The third kappa shape index (κ3) is 3.48. The Morgan fingerprint density at radius 3 is 2.63 bits per heavy atom. The first-order chi connectivity index (χ1) is 8.66. The highest BCUT2D eigenvalue weighted by molar-refractivity contribution is 7.92. The van der Waals surface area contributed by atoms with Crippen molar-refractivity contribution in [1.29, 1.82) is 0 Å². The lowest BCUT2D eigenvalue weighted by atomic mass is 9.96. The van der Waals surface area contributed by atoms with Crippen LogP contribution in [0.5, 0.6) is 0 Å². The van der Waals surface area contributed by atoms with Crippen LogP contribution in [0.2, 0.25) is 0 Å². The lowest BCUT2D eigenvalue weighted by Gasteiger charge is -2.17. The number of aromatic amines is 1. The molecule has 0 unspecified atom stereocenters. The molecule has 0 aliphatic carbocycles. The summed E-state index contributed by atoms with van der Waals surface area (Å²) < 4.78 is 25.2. The van der Waals surface area contributed by atoms with Crippen LogP contribution in [-0.2, 0) is 16.4 Å². The molecule has 1 aromatic carbocycles. The van der Waals surface area contributed by atoms with Crippen molar-refractivity contribution >= 4 is 26.6 Å². The number of hydrogen-bond acceptors (Lipinski definition) is 3. The number of anilines is 1. The SMILES string of the molecule is CC(C)(N)Cc1c[nH]c2c(NS(C)(=O)=O)cccc12. The normalized spacial score (nSPS) is 12.8. The smallest absolute Gasteiger partial charge is 0.229 e. The Morgan fingerprint density at radius 1 is 1.37 bits per heavy atom. The number of benzene rings is 1. The largest absolute Gasteiger partial charge is 0.359 e. The Hall–Kier alpha value is -1.53. The lowest BCUT2D eigenvalue weighted by molar-refractivity contribution is 0.518. The maximum atomic E-state index is 11.3. The average Bonchev–Trinajstić information content (AvgIpc) is 2.58. The van der Waals surface area contributed by atoms with Crippen LogP contribution in [0.3, 0.4) is 0 Å². The number of para-hydroxylation sites is 1. The molecule has 19 heavy (non-hydrogen) atoms. The summed E-state index contributed by atoms with van der Waals surface area (Å²) in [6, 6.07) is 5.52. The molecule has 0 fully saturated rings. The van der Waals surface area contributed by atoms with Crippen LogP contribution in [0.1, 0.15) is 19.4 Å². The minimum Gasteiger partial charge on any atom is -0.359 e. The van der Waals surface area contributed by atoms with E-state index in [0.717, 1.165) is 29.1 Å². The van der Waals surface area contributed by atoms with Gasteiger partial charge in [0.05, 0.1) is 17.5 Å². The Balaban J connectivity index is 2.48. The average molecular weight is 281 g/mol. The third-order valence-electron chi connectivity index (χ3n) is 2.74. The molecule has 0 spiro atoms. The topological polar surface area (TPSA) is 88.0 Å². The molecular weight excluding hydrogens is 262 g/mol. The first kappa shape index (κ1) is 13.9. The fourth-order valence-corrected chi connectivity index (χ4v) is 2.70. The molecule has 6 heteroatoms. The maximum Gasteiger partial charge on any atom is 0.229 e. The van der Waals surface area contributed by atoms with Gasteiger partial charge in [-0.1, -0.05) is 12.1 Å². The quantitative estimate of drug-likeness (QED) is 0.798. The fourth-order valence-electron chi connectivity index (χ4n) is 2.13. The van der Waals surface area contributed by atoms with E-state index in [1.807, 2.05) is 32.2 Å². The van der Waals surface area contributed by atoms with Gasteiger partial charge < -0.3 is 10.7 Å². The van der Waals surface area contributed by atoms with Gasteiger partial charge in [-0.3, -0.25) is 4.72 Å². The Labute approximate surface area is 113 Å². The fraction of sp³-hybridized carbons (Fsp3) is 0.385. The summed E-state index contributed by atoms with van der Waals surface area (Å²) in [6.45, 7) is 3.93. The number of H-pyrrole nitrogens is 1. The van der Waals surface area contributed by atoms with Crippen LogP contribution in [0.25, 0.3) is 10.9 Å². The predicted molar refractivity (Wildman–Crippen MR) is 78.7 cm³/mol. The summed E-state index contributed by atoms with van der Waals surface area (Å²) in [5, 5.41) is 0.993. The van der Waals surface area contributed by atoms with Crippen molar-refractivity contribution in [1.82, 2.24) is 4.98 Å². The zero-order valence-electron chi connectivity index (χ0n) is 11.3. The summed E-state index contributed by atoms with van der Waals surface area (Å²) >= 11 is 0. The van der Waals surface area contributed by atoms with Crippen LogP contribution < -0.4 is 10.5 Å². The van der Waals surface area contributed by atoms with Crippen molar-refractivity contribution in [3.8, 4) is 0 Å². The molecule has 0 amide bonds. The third-order valence-corrected chi connectivity index (χ3v) is 3.33. The molecule has 0 aliphatic rings. The zero-order chi connectivity index (χ0) is 14.3. The van der Waals surface area contributed by atoms with E-state index >= 15 is 0 Å². The molecule has 0 radical (unpaired) electrons. The van der Waals surface area contributed by atoms with Gasteiger partial charge in [0, 0.05) is 17.1 Å². The number of hydrogen-bond donors (Lipinski definition) is 3. The van der Waals surface area contributed by atoms with Crippen molar-refractivity contribution in [3.05, 3.63) is 30.0 Å². The van der Waals surface area contributed by atoms with Gasteiger partial charge in [0.2, 0.25) is 10.0 Å². The highest BCUT2D eigenvalue weighted by Gasteiger charge is 2.16. The number of nitrogens with two attached hydrogens (primary N) is 1. The number of fused-ring (bicyclic) bond motifs is 1. The van der Waals surface area contributed by atoms with E-state index in [1.54, 1.807) is 6.07 Å². The minimum absolute atomic E-state index is 0.310. The molecule has 5 nitrogen and oxygen atoms in total. The van der Waals surface area contributed by atoms with Crippen LogP contribution in [-0.4, -0.2) is 25.2 Å².